The summed E-state index contributed by atoms with van der Waals surface area (Å²) in [6.45, 7) is 2.45. The molecule has 1 amide bonds. The highest BCUT2D eigenvalue weighted by Crippen LogP contribution is 2.07. The molecule has 0 aromatic carbocycles. The Balaban J connectivity index is 0.00000225. The van der Waals surface area contributed by atoms with Gasteiger partial charge in [-0.2, -0.15) is 5.10 Å². The summed E-state index contributed by atoms with van der Waals surface area (Å²) < 4.78 is 0. The predicted octanol–water partition coefficient (Wildman–Crippen LogP) is 1.33. The van der Waals surface area contributed by atoms with Crippen molar-refractivity contribution in [3.05, 3.63) is 11.8 Å². The average Bonchev–Trinajstić information content (AvgIpc) is 2.63. The van der Waals surface area contributed by atoms with E-state index in [1.807, 2.05) is 6.07 Å². The molecule has 1 heterocycles. The molecule has 16 heavy (non-hydrogen) atoms. The van der Waals surface area contributed by atoms with Gasteiger partial charge in [0, 0.05) is 11.8 Å². The molecule has 0 unspecified atom stereocenters. The number of anilines is 1. The van der Waals surface area contributed by atoms with Crippen LogP contribution in [0.5, 0.6) is 0 Å². The van der Waals surface area contributed by atoms with Gasteiger partial charge in [0.15, 0.2) is 5.82 Å². The number of H-pyrrole nitrogens is 1. The zero-order valence-electron chi connectivity index (χ0n) is 9.67. The molecule has 92 valence electrons. The number of amides is 1. The van der Waals surface area contributed by atoms with Crippen LogP contribution in [0.1, 0.15) is 25.5 Å². The first-order valence-electron chi connectivity index (χ1n) is 5.25. The van der Waals surface area contributed by atoms with Gasteiger partial charge in [-0.25, -0.2) is 0 Å². The molecule has 0 aliphatic heterocycles. The Kier molecular flexibility index (Phi) is 7.58. The number of nitrogens with one attached hydrogen (secondary N) is 3. The highest BCUT2D eigenvalue weighted by molar-refractivity contribution is 5.91. The van der Waals surface area contributed by atoms with Crippen LogP contribution in [0.4, 0.5) is 5.82 Å². The summed E-state index contributed by atoms with van der Waals surface area (Å²) >= 11 is 0. The molecule has 1 rings (SSSR count). The van der Waals surface area contributed by atoms with Crippen molar-refractivity contribution in [1.29, 1.82) is 0 Å². The van der Waals surface area contributed by atoms with E-state index in [-0.39, 0.29) is 18.3 Å². The van der Waals surface area contributed by atoms with Gasteiger partial charge in [0.25, 0.3) is 0 Å². The zero-order chi connectivity index (χ0) is 11.1. The molecular formula is C10H19ClN4O. The van der Waals surface area contributed by atoms with Gasteiger partial charge < -0.3 is 10.6 Å². The first-order valence-corrected chi connectivity index (χ1v) is 5.25. The molecule has 3 N–H and O–H groups in total. The fourth-order valence-corrected chi connectivity index (χ4v) is 1.27. The van der Waals surface area contributed by atoms with Crippen molar-refractivity contribution in [2.45, 2.75) is 26.2 Å². The number of aryl methyl sites for hydroxylation is 1. The van der Waals surface area contributed by atoms with E-state index >= 15 is 0 Å². The Morgan fingerprint density at radius 2 is 2.31 bits per heavy atom. The number of hydrogen-bond donors (Lipinski definition) is 3. The number of likely N-dealkylation sites (N-methyl/N-ethyl adjacent to an activating group) is 1. The van der Waals surface area contributed by atoms with Gasteiger partial charge in [-0.05, 0) is 19.9 Å². The van der Waals surface area contributed by atoms with Gasteiger partial charge in [-0.3, -0.25) is 9.89 Å². The molecular weight excluding hydrogens is 228 g/mol. The minimum Gasteiger partial charge on any atom is -0.311 e. The lowest BCUT2D eigenvalue weighted by molar-refractivity contribution is -0.115. The topological polar surface area (TPSA) is 69.8 Å². The van der Waals surface area contributed by atoms with Crippen molar-refractivity contribution in [1.82, 2.24) is 15.5 Å². The van der Waals surface area contributed by atoms with Crippen LogP contribution in [0.15, 0.2) is 6.07 Å². The highest BCUT2D eigenvalue weighted by atomic mass is 35.5. The van der Waals surface area contributed by atoms with Gasteiger partial charge in [-0.1, -0.05) is 13.3 Å². The molecule has 0 fully saturated rings. The molecule has 0 saturated heterocycles. The van der Waals surface area contributed by atoms with Gasteiger partial charge in [-0.15, -0.1) is 12.4 Å². The van der Waals surface area contributed by atoms with Crippen LogP contribution in [0, 0.1) is 0 Å². The molecule has 0 atom stereocenters. The van der Waals surface area contributed by atoms with Crippen molar-refractivity contribution >= 4 is 24.1 Å². The maximum atomic E-state index is 11.2. The van der Waals surface area contributed by atoms with Crippen LogP contribution >= 0.6 is 12.4 Å². The molecule has 0 aliphatic rings. The lowest BCUT2D eigenvalue weighted by Gasteiger charge is -1.98. The maximum absolute atomic E-state index is 11.2. The number of aromatic nitrogens is 2. The number of rotatable bonds is 6. The SMILES string of the molecule is CCCCc1cc(NC(=O)CNC)n[nH]1.Cl. The van der Waals surface area contributed by atoms with E-state index in [1.165, 1.54) is 0 Å². The van der Waals surface area contributed by atoms with Crippen molar-refractivity contribution in [2.24, 2.45) is 0 Å². The van der Waals surface area contributed by atoms with Crippen LogP contribution < -0.4 is 10.6 Å². The number of hydrogen-bond acceptors (Lipinski definition) is 3. The van der Waals surface area contributed by atoms with E-state index in [9.17, 15) is 4.79 Å². The maximum Gasteiger partial charge on any atom is 0.239 e. The monoisotopic (exact) mass is 246 g/mol. The van der Waals surface area contributed by atoms with Crippen LogP contribution in [-0.4, -0.2) is 29.7 Å². The quantitative estimate of drug-likeness (QED) is 0.709. The highest BCUT2D eigenvalue weighted by Gasteiger charge is 2.04. The number of aromatic amines is 1. The van der Waals surface area contributed by atoms with Crippen LogP contribution in [-0.2, 0) is 11.2 Å². The average molecular weight is 247 g/mol. The summed E-state index contributed by atoms with van der Waals surface area (Å²) in [5.74, 6) is 0.521. The number of carbonyl (C=O) groups is 1. The summed E-state index contributed by atoms with van der Waals surface area (Å²) in [5.41, 5.74) is 1.07. The predicted molar refractivity (Wildman–Crippen MR) is 67.0 cm³/mol. The fourth-order valence-electron chi connectivity index (χ4n) is 1.27. The van der Waals surface area contributed by atoms with E-state index in [0.29, 0.717) is 12.4 Å². The molecule has 0 aliphatic carbocycles. The van der Waals surface area contributed by atoms with Gasteiger partial charge in [0.05, 0.1) is 6.54 Å². The van der Waals surface area contributed by atoms with Gasteiger partial charge >= 0.3 is 0 Å². The second-order valence-electron chi connectivity index (χ2n) is 3.46. The van der Waals surface area contributed by atoms with E-state index in [1.54, 1.807) is 7.05 Å². The number of halogens is 1. The molecule has 0 radical (unpaired) electrons. The molecule has 1 aromatic heterocycles. The molecule has 0 spiro atoms. The Morgan fingerprint density at radius 3 is 2.94 bits per heavy atom. The Bertz CT molecular complexity index is 314. The number of carbonyl (C=O) groups excluding carboxylic acids is 1. The summed E-state index contributed by atoms with van der Waals surface area (Å²) in [4.78, 5) is 11.2. The minimum atomic E-state index is -0.0777. The summed E-state index contributed by atoms with van der Waals surface area (Å²) in [6.07, 6.45) is 3.26. The summed E-state index contributed by atoms with van der Waals surface area (Å²) in [5, 5.41) is 12.4. The third-order valence-electron chi connectivity index (χ3n) is 2.04. The molecule has 6 heteroatoms. The van der Waals surface area contributed by atoms with Crippen molar-refractivity contribution in [3.8, 4) is 0 Å². The summed E-state index contributed by atoms with van der Waals surface area (Å²) in [6, 6.07) is 1.88. The Hall–Kier alpha value is -1.07. The second-order valence-corrected chi connectivity index (χ2v) is 3.46. The van der Waals surface area contributed by atoms with Crippen LogP contribution in [0.2, 0.25) is 0 Å². The molecule has 0 bridgehead atoms. The van der Waals surface area contributed by atoms with E-state index in [0.717, 1.165) is 25.0 Å². The van der Waals surface area contributed by atoms with Gasteiger partial charge in [0.1, 0.15) is 0 Å². The lowest BCUT2D eigenvalue weighted by Crippen LogP contribution is -2.25. The number of unbranched alkanes of at least 4 members (excludes halogenated alkanes) is 1. The van der Waals surface area contributed by atoms with Crippen LogP contribution in [0.25, 0.3) is 0 Å². The summed E-state index contributed by atoms with van der Waals surface area (Å²) in [7, 11) is 1.73. The smallest absolute Gasteiger partial charge is 0.239 e. The normalized spacial score (nSPS) is 9.62. The Labute approximate surface area is 102 Å². The molecule has 5 nitrogen and oxygen atoms in total. The van der Waals surface area contributed by atoms with E-state index in [2.05, 4.69) is 27.8 Å². The van der Waals surface area contributed by atoms with Crippen molar-refractivity contribution in [2.75, 3.05) is 18.9 Å². The van der Waals surface area contributed by atoms with E-state index in [4.69, 9.17) is 0 Å². The Morgan fingerprint density at radius 1 is 1.56 bits per heavy atom. The largest absolute Gasteiger partial charge is 0.311 e. The fraction of sp³-hybridized carbons (Fsp3) is 0.600. The molecule has 0 saturated carbocycles. The lowest BCUT2D eigenvalue weighted by atomic mass is 10.2. The minimum absolute atomic E-state index is 0. The standard InChI is InChI=1S/C10H18N4O.ClH/c1-3-4-5-8-6-9(14-13-8)12-10(15)7-11-2;/h6,11H,3-5,7H2,1-2H3,(H2,12,13,14,15);1H. The van der Waals surface area contributed by atoms with Crippen LogP contribution in [0.3, 0.4) is 0 Å². The van der Waals surface area contributed by atoms with E-state index < -0.39 is 0 Å². The third-order valence-corrected chi connectivity index (χ3v) is 2.04. The van der Waals surface area contributed by atoms with Gasteiger partial charge in [0.2, 0.25) is 5.91 Å². The second kappa shape index (κ2) is 8.13. The third kappa shape index (κ3) is 5.14. The number of nitrogens with zero attached hydrogens (tertiary/aromatic N) is 1. The van der Waals surface area contributed by atoms with Crippen molar-refractivity contribution in [3.63, 3.8) is 0 Å². The zero-order valence-corrected chi connectivity index (χ0v) is 10.5. The first-order chi connectivity index (χ1) is 7.26. The molecule has 1 aromatic rings. The van der Waals surface area contributed by atoms with Crippen molar-refractivity contribution < 1.29 is 4.79 Å². The first kappa shape index (κ1) is 14.9.